The second-order valence-corrected chi connectivity index (χ2v) is 6.47. The zero-order chi connectivity index (χ0) is 21.0. The molecule has 3 rings (SSSR count). The predicted octanol–water partition coefficient (Wildman–Crippen LogP) is 2.96. The Hall–Kier alpha value is -3.42. The number of aliphatic carboxylic acids is 1. The van der Waals surface area contributed by atoms with Gasteiger partial charge in [0.05, 0.1) is 27.2 Å². The third-order valence-corrected chi connectivity index (χ3v) is 4.68. The molecule has 1 aliphatic heterocycles. The lowest BCUT2D eigenvalue weighted by Crippen LogP contribution is -2.20. The number of carboxylic acid groups (broad SMARTS) is 1. The van der Waals surface area contributed by atoms with Gasteiger partial charge in [-0.2, -0.15) is 0 Å². The maximum Gasteiger partial charge on any atom is 0.307 e. The molecule has 0 radical (unpaired) electrons. The van der Waals surface area contributed by atoms with E-state index in [1.807, 2.05) is 0 Å². The summed E-state index contributed by atoms with van der Waals surface area (Å²) in [7, 11) is 4.46. The highest BCUT2D eigenvalue weighted by molar-refractivity contribution is 5.98. The number of benzene rings is 2. The molecule has 0 aromatic heterocycles. The van der Waals surface area contributed by atoms with Crippen molar-refractivity contribution in [3.63, 3.8) is 0 Å². The van der Waals surface area contributed by atoms with E-state index in [0.717, 1.165) is 0 Å². The van der Waals surface area contributed by atoms with E-state index in [4.69, 9.17) is 23.7 Å². The van der Waals surface area contributed by atoms with Crippen LogP contribution >= 0.6 is 0 Å². The van der Waals surface area contributed by atoms with Crippen LogP contribution in [0.5, 0.6) is 28.7 Å². The van der Waals surface area contributed by atoms with Crippen molar-refractivity contribution < 1.29 is 38.4 Å². The molecule has 0 saturated carbocycles. The van der Waals surface area contributed by atoms with Gasteiger partial charge in [-0.15, -0.1) is 0 Å². The van der Waals surface area contributed by atoms with E-state index in [1.165, 1.54) is 21.3 Å². The van der Waals surface area contributed by atoms with Crippen LogP contribution in [0.1, 0.15) is 22.3 Å². The zero-order valence-electron chi connectivity index (χ0n) is 16.4. The molecule has 0 aliphatic carbocycles. The lowest BCUT2D eigenvalue weighted by molar-refractivity contribution is -0.141. The molecule has 1 N–H and O–H groups in total. The minimum absolute atomic E-state index is 0.103. The molecule has 8 nitrogen and oxygen atoms in total. The number of ether oxygens (including phenoxy) is 5. The van der Waals surface area contributed by atoms with Gasteiger partial charge in [0.15, 0.2) is 28.8 Å². The average Bonchev–Trinajstić information content (AvgIpc) is 3.20. The van der Waals surface area contributed by atoms with Crippen LogP contribution < -0.4 is 23.7 Å². The van der Waals surface area contributed by atoms with Gasteiger partial charge < -0.3 is 28.8 Å². The fraction of sp³-hybridized carbons (Fsp3) is 0.333. The number of carbonyl (C=O) groups is 2. The van der Waals surface area contributed by atoms with E-state index in [1.54, 1.807) is 30.3 Å². The highest BCUT2D eigenvalue weighted by Gasteiger charge is 2.25. The summed E-state index contributed by atoms with van der Waals surface area (Å²) < 4.78 is 26.4. The highest BCUT2D eigenvalue weighted by atomic mass is 16.7. The van der Waals surface area contributed by atoms with Gasteiger partial charge in [-0.1, -0.05) is 0 Å². The van der Waals surface area contributed by atoms with Gasteiger partial charge in [-0.05, 0) is 42.3 Å². The number of fused-ring (bicyclic) bond motifs is 1. The van der Waals surface area contributed by atoms with E-state index in [0.29, 0.717) is 39.9 Å². The van der Waals surface area contributed by atoms with Crippen LogP contribution in [0.15, 0.2) is 30.3 Å². The standard InChI is InChI=1S/C21H22O8/c1-25-18-7-12(8-19(26-2)20(18)27-3)6-14(21(23)24)9-15(22)13-4-5-16-17(10-13)29-11-28-16/h4-5,7-8,10,14H,6,9,11H2,1-3H3,(H,23,24). The predicted molar refractivity (Wildman–Crippen MR) is 102 cm³/mol. The van der Waals surface area contributed by atoms with E-state index >= 15 is 0 Å². The Labute approximate surface area is 167 Å². The summed E-state index contributed by atoms with van der Waals surface area (Å²) in [5.74, 6) is 0.0380. The van der Waals surface area contributed by atoms with Crippen LogP contribution in [0, 0.1) is 5.92 Å². The number of rotatable bonds is 9. The van der Waals surface area contributed by atoms with E-state index in [9.17, 15) is 14.7 Å². The number of methoxy groups -OCH3 is 3. The molecule has 0 spiro atoms. The SMILES string of the molecule is COc1cc(CC(CC(=O)c2ccc3c(c2)OCO3)C(=O)O)cc(OC)c1OC. The third-order valence-electron chi connectivity index (χ3n) is 4.68. The first-order valence-corrected chi connectivity index (χ1v) is 8.91. The van der Waals surface area contributed by atoms with Crippen LogP contribution in [-0.4, -0.2) is 45.0 Å². The smallest absolute Gasteiger partial charge is 0.307 e. The first kappa shape index (κ1) is 20.3. The summed E-state index contributed by atoms with van der Waals surface area (Å²) >= 11 is 0. The molecule has 0 amide bonds. The number of carbonyl (C=O) groups excluding carboxylic acids is 1. The van der Waals surface area contributed by atoms with Crippen LogP contribution in [-0.2, 0) is 11.2 Å². The molecular formula is C21H22O8. The molecule has 1 unspecified atom stereocenters. The summed E-state index contributed by atoms with van der Waals surface area (Å²) in [5, 5.41) is 9.65. The molecule has 0 fully saturated rings. The summed E-state index contributed by atoms with van der Waals surface area (Å²) in [6.07, 6.45) is -0.0338. The molecule has 0 saturated heterocycles. The van der Waals surface area contributed by atoms with Crippen LogP contribution in [0.25, 0.3) is 0 Å². The molecular weight excluding hydrogens is 380 g/mol. The second-order valence-electron chi connectivity index (χ2n) is 6.47. The summed E-state index contributed by atoms with van der Waals surface area (Å²) in [5.41, 5.74) is 1.04. The van der Waals surface area contributed by atoms with Gasteiger partial charge in [0.2, 0.25) is 12.5 Å². The highest BCUT2D eigenvalue weighted by Crippen LogP contribution is 2.39. The van der Waals surface area contributed by atoms with Gasteiger partial charge in [0.25, 0.3) is 0 Å². The first-order valence-electron chi connectivity index (χ1n) is 8.91. The molecule has 2 aromatic carbocycles. The molecule has 2 aromatic rings. The van der Waals surface area contributed by atoms with Crippen molar-refractivity contribution >= 4 is 11.8 Å². The Morgan fingerprint density at radius 1 is 1.00 bits per heavy atom. The van der Waals surface area contributed by atoms with Crippen molar-refractivity contribution in [3.8, 4) is 28.7 Å². The summed E-state index contributed by atoms with van der Waals surface area (Å²) in [4.78, 5) is 24.5. The summed E-state index contributed by atoms with van der Waals surface area (Å²) in [6.45, 7) is 0.103. The molecule has 29 heavy (non-hydrogen) atoms. The fourth-order valence-electron chi connectivity index (χ4n) is 3.20. The maximum absolute atomic E-state index is 12.7. The molecule has 1 aliphatic rings. The Morgan fingerprint density at radius 3 is 2.24 bits per heavy atom. The monoisotopic (exact) mass is 402 g/mol. The largest absolute Gasteiger partial charge is 0.493 e. The minimum atomic E-state index is -1.06. The maximum atomic E-state index is 12.7. The average molecular weight is 402 g/mol. The number of hydrogen-bond acceptors (Lipinski definition) is 7. The molecule has 1 heterocycles. The van der Waals surface area contributed by atoms with Crippen LogP contribution in [0.4, 0.5) is 0 Å². The van der Waals surface area contributed by atoms with Crippen molar-refractivity contribution in [2.75, 3.05) is 28.1 Å². The molecule has 154 valence electrons. The molecule has 0 bridgehead atoms. The van der Waals surface area contributed by atoms with Gasteiger partial charge >= 0.3 is 5.97 Å². The van der Waals surface area contributed by atoms with Crippen molar-refractivity contribution in [3.05, 3.63) is 41.5 Å². The second kappa shape index (κ2) is 8.72. The van der Waals surface area contributed by atoms with Gasteiger partial charge in [0, 0.05) is 12.0 Å². The Balaban J connectivity index is 1.80. The lowest BCUT2D eigenvalue weighted by Gasteiger charge is -2.16. The van der Waals surface area contributed by atoms with Crippen molar-refractivity contribution in [2.24, 2.45) is 5.92 Å². The van der Waals surface area contributed by atoms with Crippen molar-refractivity contribution in [2.45, 2.75) is 12.8 Å². The lowest BCUT2D eigenvalue weighted by atomic mass is 9.91. The Morgan fingerprint density at radius 2 is 1.66 bits per heavy atom. The van der Waals surface area contributed by atoms with Crippen LogP contribution in [0.3, 0.4) is 0 Å². The van der Waals surface area contributed by atoms with E-state index in [2.05, 4.69) is 0 Å². The van der Waals surface area contributed by atoms with Crippen LogP contribution in [0.2, 0.25) is 0 Å². The van der Waals surface area contributed by atoms with Gasteiger partial charge in [-0.25, -0.2) is 0 Å². The zero-order valence-corrected chi connectivity index (χ0v) is 16.4. The quantitative estimate of drug-likeness (QED) is 0.639. The number of hydrogen-bond donors (Lipinski definition) is 1. The third kappa shape index (κ3) is 4.37. The Kier molecular flexibility index (Phi) is 6.11. The van der Waals surface area contributed by atoms with E-state index in [-0.39, 0.29) is 25.4 Å². The number of Topliss-reactive ketones (excluding diaryl/α,β-unsaturated/α-hetero) is 1. The topological polar surface area (TPSA) is 101 Å². The van der Waals surface area contributed by atoms with E-state index < -0.39 is 11.9 Å². The van der Waals surface area contributed by atoms with Crippen molar-refractivity contribution in [1.82, 2.24) is 0 Å². The fourth-order valence-corrected chi connectivity index (χ4v) is 3.20. The Bertz CT molecular complexity index is 896. The molecule has 1 atom stereocenters. The summed E-state index contributed by atoms with van der Waals surface area (Å²) in [6, 6.07) is 8.19. The normalized spacial score (nSPS) is 12.9. The van der Waals surface area contributed by atoms with Crippen molar-refractivity contribution in [1.29, 1.82) is 0 Å². The number of carboxylic acids is 1. The van der Waals surface area contributed by atoms with Gasteiger partial charge in [-0.3, -0.25) is 9.59 Å². The number of ketones is 1. The minimum Gasteiger partial charge on any atom is -0.493 e. The van der Waals surface area contributed by atoms with Gasteiger partial charge in [0.1, 0.15) is 0 Å². The first-order chi connectivity index (χ1) is 14.0. The molecule has 8 heteroatoms.